The first-order valence-electron chi connectivity index (χ1n) is 6.42. The van der Waals surface area contributed by atoms with Crippen LogP contribution >= 0.6 is 0 Å². The van der Waals surface area contributed by atoms with Gasteiger partial charge in [-0.2, -0.15) is 0 Å². The molecule has 94 valence electrons. The van der Waals surface area contributed by atoms with Gasteiger partial charge in [0.2, 0.25) is 5.78 Å². The molecule has 0 unspecified atom stereocenters. The van der Waals surface area contributed by atoms with E-state index in [2.05, 4.69) is 11.7 Å². The second-order valence-corrected chi connectivity index (χ2v) is 4.01. The number of carbonyl (C=O) groups excluding carboxylic acids is 2. The van der Waals surface area contributed by atoms with E-state index in [1.165, 1.54) is 25.7 Å². The van der Waals surface area contributed by atoms with Crippen molar-refractivity contribution in [3.05, 3.63) is 0 Å². The summed E-state index contributed by atoms with van der Waals surface area (Å²) in [7, 11) is 0. The van der Waals surface area contributed by atoms with E-state index in [0.717, 1.165) is 19.3 Å². The third-order valence-electron chi connectivity index (χ3n) is 2.51. The molecule has 0 saturated heterocycles. The Morgan fingerprint density at radius 1 is 0.875 bits per heavy atom. The van der Waals surface area contributed by atoms with Crippen LogP contribution in [0.15, 0.2) is 0 Å². The van der Waals surface area contributed by atoms with Crippen molar-refractivity contribution in [3.63, 3.8) is 0 Å². The minimum atomic E-state index is -0.673. The van der Waals surface area contributed by atoms with Gasteiger partial charge in [0, 0.05) is 6.42 Å². The summed E-state index contributed by atoms with van der Waals surface area (Å²) in [6, 6.07) is 0. The predicted octanol–water partition coefficient (Wildman–Crippen LogP) is 3.26. The molecular formula is C13H24O3. The molecule has 0 fully saturated rings. The number of unbranched alkanes of at least 4 members (excludes halogenated alkanes) is 6. The van der Waals surface area contributed by atoms with E-state index < -0.39 is 5.97 Å². The number of hydrogen-bond acceptors (Lipinski definition) is 3. The highest BCUT2D eigenvalue weighted by Crippen LogP contribution is 2.08. The molecule has 0 aromatic rings. The Morgan fingerprint density at radius 2 is 1.44 bits per heavy atom. The quantitative estimate of drug-likeness (QED) is 0.327. The number of hydrogen-bond donors (Lipinski definition) is 0. The summed E-state index contributed by atoms with van der Waals surface area (Å²) >= 11 is 0. The molecule has 16 heavy (non-hydrogen) atoms. The maximum absolute atomic E-state index is 11.2. The highest BCUT2D eigenvalue weighted by molar-refractivity contribution is 6.33. The van der Waals surface area contributed by atoms with Gasteiger partial charge in [-0.1, -0.05) is 45.4 Å². The zero-order chi connectivity index (χ0) is 12.2. The summed E-state index contributed by atoms with van der Waals surface area (Å²) in [5.41, 5.74) is 0. The van der Waals surface area contributed by atoms with Crippen LogP contribution in [0.2, 0.25) is 0 Å². The predicted molar refractivity (Wildman–Crippen MR) is 64.3 cm³/mol. The maximum Gasteiger partial charge on any atom is 0.374 e. The molecule has 0 aliphatic rings. The zero-order valence-electron chi connectivity index (χ0n) is 10.6. The van der Waals surface area contributed by atoms with Gasteiger partial charge in [0.25, 0.3) is 0 Å². The fraction of sp³-hybridized carbons (Fsp3) is 0.846. The maximum atomic E-state index is 11.2. The average molecular weight is 228 g/mol. The monoisotopic (exact) mass is 228 g/mol. The normalized spacial score (nSPS) is 10.1. The summed E-state index contributed by atoms with van der Waals surface area (Å²) in [6.07, 6.45) is 8.41. The molecule has 0 aliphatic heterocycles. The summed E-state index contributed by atoms with van der Waals surface area (Å²) in [5, 5.41) is 0. The molecule has 0 heterocycles. The van der Waals surface area contributed by atoms with Crippen LogP contribution in [0, 0.1) is 0 Å². The van der Waals surface area contributed by atoms with E-state index in [1.807, 2.05) is 0 Å². The molecule has 0 amide bonds. The third kappa shape index (κ3) is 8.45. The van der Waals surface area contributed by atoms with Crippen molar-refractivity contribution in [2.24, 2.45) is 0 Å². The topological polar surface area (TPSA) is 43.4 Å². The Hall–Kier alpha value is -0.860. The lowest BCUT2D eigenvalue weighted by Gasteiger charge is -2.01. The first-order valence-corrected chi connectivity index (χ1v) is 6.42. The lowest BCUT2D eigenvalue weighted by atomic mass is 10.1. The van der Waals surface area contributed by atoms with E-state index in [4.69, 9.17) is 0 Å². The van der Waals surface area contributed by atoms with Gasteiger partial charge >= 0.3 is 5.97 Å². The summed E-state index contributed by atoms with van der Waals surface area (Å²) in [5.74, 6) is -1.05. The molecule has 0 saturated carbocycles. The lowest BCUT2D eigenvalue weighted by Crippen LogP contribution is -2.16. The largest absolute Gasteiger partial charge is 0.460 e. The fourth-order valence-corrected chi connectivity index (χ4v) is 1.56. The van der Waals surface area contributed by atoms with Crippen molar-refractivity contribution < 1.29 is 14.3 Å². The van der Waals surface area contributed by atoms with Gasteiger partial charge in [-0.05, 0) is 13.3 Å². The summed E-state index contributed by atoms with van der Waals surface area (Å²) in [6.45, 7) is 4.18. The smallest absolute Gasteiger partial charge is 0.374 e. The second kappa shape index (κ2) is 10.7. The van der Waals surface area contributed by atoms with Crippen molar-refractivity contribution in [1.82, 2.24) is 0 Å². The van der Waals surface area contributed by atoms with Crippen LogP contribution in [-0.2, 0) is 14.3 Å². The molecule has 0 aromatic carbocycles. The van der Waals surface area contributed by atoms with Crippen LogP contribution in [0.25, 0.3) is 0 Å². The summed E-state index contributed by atoms with van der Waals surface area (Å²) < 4.78 is 4.63. The summed E-state index contributed by atoms with van der Waals surface area (Å²) in [4.78, 5) is 22.2. The van der Waals surface area contributed by atoms with Crippen LogP contribution in [0.4, 0.5) is 0 Å². The van der Waals surface area contributed by atoms with Gasteiger partial charge < -0.3 is 4.74 Å². The molecule has 0 atom stereocenters. The number of esters is 1. The van der Waals surface area contributed by atoms with Gasteiger partial charge in [0.15, 0.2) is 0 Å². The van der Waals surface area contributed by atoms with E-state index >= 15 is 0 Å². The highest BCUT2D eigenvalue weighted by atomic mass is 16.5. The van der Waals surface area contributed by atoms with Crippen LogP contribution in [0.5, 0.6) is 0 Å². The Labute approximate surface area is 98.6 Å². The molecule has 0 radical (unpaired) electrons. The average Bonchev–Trinajstić information content (AvgIpc) is 2.28. The van der Waals surface area contributed by atoms with Crippen LogP contribution in [0.3, 0.4) is 0 Å². The van der Waals surface area contributed by atoms with Gasteiger partial charge in [0.1, 0.15) is 0 Å². The number of ketones is 1. The van der Waals surface area contributed by atoms with Crippen LogP contribution in [0.1, 0.15) is 65.2 Å². The molecule has 3 heteroatoms. The van der Waals surface area contributed by atoms with Gasteiger partial charge in [-0.25, -0.2) is 4.79 Å². The first kappa shape index (κ1) is 15.1. The third-order valence-corrected chi connectivity index (χ3v) is 2.51. The Balaban J connectivity index is 3.31. The zero-order valence-corrected chi connectivity index (χ0v) is 10.6. The Morgan fingerprint density at radius 3 is 2.00 bits per heavy atom. The van der Waals surface area contributed by atoms with Crippen LogP contribution in [-0.4, -0.2) is 18.4 Å². The van der Waals surface area contributed by atoms with Crippen molar-refractivity contribution in [3.8, 4) is 0 Å². The fourth-order valence-electron chi connectivity index (χ4n) is 1.56. The minimum Gasteiger partial charge on any atom is -0.460 e. The van der Waals surface area contributed by atoms with Crippen molar-refractivity contribution in [2.45, 2.75) is 65.2 Å². The number of ether oxygens (including phenoxy) is 1. The highest BCUT2D eigenvalue weighted by Gasteiger charge is 2.13. The lowest BCUT2D eigenvalue weighted by molar-refractivity contribution is -0.153. The standard InChI is InChI=1S/C13H24O3/c1-3-5-6-7-8-9-10-11-12(14)13(15)16-4-2/h3-11H2,1-2H3. The van der Waals surface area contributed by atoms with Crippen molar-refractivity contribution in [2.75, 3.05) is 6.61 Å². The molecule has 0 bridgehead atoms. The molecule has 0 rings (SSSR count). The SMILES string of the molecule is CCCCCCCCCC(=O)C(=O)OCC. The van der Waals surface area contributed by atoms with Crippen LogP contribution < -0.4 is 0 Å². The number of carbonyl (C=O) groups is 2. The molecule has 0 aromatic heterocycles. The second-order valence-electron chi connectivity index (χ2n) is 4.01. The van der Waals surface area contributed by atoms with Gasteiger partial charge in [-0.3, -0.25) is 4.79 Å². The Bertz CT molecular complexity index is 199. The molecular weight excluding hydrogens is 204 g/mol. The Kier molecular flexibility index (Phi) is 10.1. The van der Waals surface area contributed by atoms with Gasteiger partial charge in [-0.15, -0.1) is 0 Å². The molecule has 0 aliphatic carbocycles. The van der Waals surface area contributed by atoms with E-state index in [1.54, 1.807) is 6.92 Å². The van der Waals surface area contributed by atoms with E-state index in [-0.39, 0.29) is 12.4 Å². The first-order chi connectivity index (χ1) is 7.72. The number of rotatable bonds is 10. The van der Waals surface area contributed by atoms with Crippen molar-refractivity contribution in [1.29, 1.82) is 0 Å². The van der Waals surface area contributed by atoms with Crippen molar-refractivity contribution >= 4 is 11.8 Å². The molecule has 3 nitrogen and oxygen atoms in total. The number of Topliss-reactive ketones (excluding diaryl/α,β-unsaturated/α-hetero) is 1. The molecule has 0 N–H and O–H groups in total. The molecule has 0 spiro atoms. The van der Waals surface area contributed by atoms with Gasteiger partial charge in [0.05, 0.1) is 6.61 Å². The minimum absolute atomic E-state index is 0.279. The van der Waals surface area contributed by atoms with E-state index in [9.17, 15) is 9.59 Å². The van der Waals surface area contributed by atoms with E-state index in [0.29, 0.717) is 6.42 Å².